The van der Waals surface area contributed by atoms with Gasteiger partial charge in [0.15, 0.2) is 0 Å². The summed E-state index contributed by atoms with van der Waals surface area (Å²) in [5.74, 6) is -0.315. The molecule has 0 aromatic rings. The molecular formula is C12H23NO2. The highest BCUT2D eigenvalue weighted by molar-refractivity contribution is 5.68. The van der Waals surface area contributed by atoms with Crippen LogP contribution in [0.15, 0.2) is 0 Å². The minimum atomic E-state index is -0.720. The van der Waals surface area contributed by atoms with Crippen molar-refractivity contribution < 1.29 is 9.90 Å². The van der Waals surface area contributed by atoms with E-state index < -0.39 is 5.97 Å². The molecule has 1 rings (SSSR count). The van der Waals surface area contributed by atoms with E-state index in [1.165, 1.54) is 6.42 Å². The first-order valence-electron chi connectivity index (χ1n) is 5.77. The van der Waals surface area contributed by atoms with E-state index in [9.17, 15) is 4.79 Å². The highest BCUT2D eigenvalue weighted by Gasteiger charge is 2.50. The van der Waals surface area contributed by atoms with Crippen LogP contribution in [0.2, 0.25) is 0 Å². The van der Waals surface area contributed by atoms with Gasteiger partial charge in [-0.1, -0.05) is 33.6 Å². The SMILES string of the molecule is CC1CCCC(C)(C)C1(CN)CC(=O)O. The summed E-state index contributed by atoms with van der Waals surface area (Å²) in [5.41, 5.74) is 5.70. The van der Waals surface area contributed by atoms with E-state index in [0.717, 1.165) is 12.8 Å². The van der Waals surface area contributed by atoms with Crippen LogP contribution in [0.1, 0.15) is 46.5 Å². The fraction of sp³-hybridized carbons (Fsp3) is 0.917. The Labute approximate surface area is 92.0 Å². The summed E-state index contributed by atoms with van der Waals surface area (Å²) in [6.45, 7) is 6.96. The molecule has 0 amide bonds. The Balaban J connectivity index is 3.03. The third kappa shape index (κ3) is 2.03. The molecule has 2 unspecified atom stereocenters. The molecule has 0 aliphatic heterocycles. The summed E-state index contributed by atoms with van der Waals surface area (Å²) < 4.78 is 0. The smallest absolute Gasteiger partial charge is 0.303 e. The predicted molar refractivity (Wildman–Crippen MR) is 60.5 cm³/mol. The maximum Gasteiger partial charge on any atom is 0.303 e. The van der Waals surface area contributed by atoms with Gasteiger partial charge in [0.2, 0.25) is 0 Å². The molecule has 15 heavy (non-hydrogen) atoms. The highest BCUT2D eigenvalue weighted by Crippen LogP contribution is 2.54. The van der Waals surface area contributed by atoms with Crippen LogP contribution < -0.4 is 5.73 Å². The lowest BCUT2D eigenvalue weighted by Gasteiger charge is -2.53. The van der Waals surface area contributed by atoms with Gasteiger partial charge >= 0.3 is 5.97 Å². The molecule has 0 aromatic heterocycles. The molecule has 0 radical (unpaired) electrons. The molecule has 0 spiro atoms. The van der Waals surface area contributed by atoms with Crippen LogP contribution in [0, 0.1) is 16.7 Å². The lowest BCUT2D eigenvalue weighted by atomic mass is 9.52. The van der Waals surface area contributed by atoms with Gasteiger partial charge in [-0.15, -0.1) is 0 Å². The van der Waals surface area contributed by atoms with E-state index in [2.05, 4.69) is 20.8 Å². The average molecular weight is 213 g/mol. The van der Waals surface area contributed by atoms with Crippen molar-refractivity contribution in [3.05, 3.63) is 0 Å². The number of rotatable bonds is 3. The first kappa shape index (κ1) is 12.5. The number of hydrogen-bond acceptors (Lipinski definition) is 2. The molecule has 3 N–H and O–H groups in total. The van der Waals surface area contributed by atoms with Gasteiger partial charge in [0.25, 0.3) is 0 Å². The highest BCUT2D eigenvalue weighted by atomic mass is 16.4. The van der Waals surface area contributed by atoms with Gasteiger partial charge < -0.3 is 10.8 Å². The van der Waals surface area contributed by atoms with Crippen LogP contribution >= 0.6 is 0 Å². The Morgan fingerprint density at radius 1 is 1.53 bits per heavy atom. The van der Waals surface area contributed by atoms with Gasteiger partial charge in [0.05, 0.1) is 6.42 Å². The van der Waals surface area contributed by atoms with E-state index in [-0.39, 0.29) is 17.3 Å². The summed E-state index contributed by atoms with van der Waals surface area (Å²) in [5, 5.41) is 9.06. The van der Waals surface area contributed by atoms with E-state index >= 15 is 0 Å². The summed E-state index contributed by atoms with van der Waals surface area (Å²) in [6, 6.07) is 0. The second kappa shape index (κ2) is 4.12. The second-order valence-corrected chi connectivity index (χ2v) is 5.61. The quantitative estimate of drug-likeness (QED) is 0.755. The summed E-state index contributed by atoms with van der Waals surface area (Å²) in [4.78, 5) is 11.0. The lowest BCUT2D eigenvalue weighted by molar-refractivity contribution is -0.146. The van der Waals surface area contributed by atoms with Crippen molar-refractivity contribution in [1.82, 2.24) is 0 Å². The minimum Gasteiger partial charge on any atom is -0.481 e. The van der Waals surface area contributed by atoms with E-state index in [1.54, 1.807) is 0 Å². The van der Waals surface area contributed by atoms with Crippen molar-refractivity contribution in [2.45, 2.75) is 46.5 Å². The lowest BCUT2D eigenvalue weighted by Crippen LogP contribution is -2.52. The Kier molecular flexibility index (Phi) is 3.44. The molecule has 88 valence electrons. The molecule has 1 fully saturated rings. The molecule has 2 atom stereocenters. The summed E-state index contributed by atoms with van der Waals surface area (Å²) in [7, 11) is 0. The molecule has 0 saturated heterocycles. The zero-order valence-electron chi connectivity index (χ0n) is 10.0. The van der Waals surface area contributed by atoms with E-state index in [4.69, 9.17) is 10.8 Å². The molecule has 0 heterocycles. The third-order valence-corrected chi connectivity index (χ3v) is 4.56. The molecule has 1 aliphatic carbocycles. The van der Waals surface area contributed by atoms with Gasteiger partial charge in [0.1, 0.15) is 0 Å². The topological polar surface area (TPSA) is 63.3 Å². The molecule has 0 aromatic carbocycles. The monoisotopic (exact) mass is 213 g/mol. The van der Waals surface area contributed by atoms with Crippen molar-refractivity contribution in [1.29, 1.82) is 0 Å². The van der Waals surface area contributed by atoms with Gasteiger partial charge in [-0.25, -0.2) is 0 Å². The predicted octanol–water partition coefficient (Wildman–Crippen LogP) is 2.25. The maximum atomic E-state index is 11.0. The van der Waals surface area contributed by atoms with Crippen molar-refractivity contribution in [2.24, 2.45) is 22.5 Å². The van der Waals surface area contributed by atoms with Gasteiger partial charge in [0, 0.05) is 5.41 Å². The maximum absolute atomic E-state index is 11.0. The van der Waals surface area contributed by atoms with Crippen LogP contribution in [-0.2, 0) is 4.79 Å². The summed E-state index contributed by atoms with van der Waals surface area (Å²) >= 11 is 0. The van der Waals surface area contributed by atoms with Crippen molar-refractivity contribution in [3.63, 3.8) is 0 Å². The second-order valence-electron chi connectivity index (χ2n) is 5.61. The van der Waals surface area contributed by atoms with Gasteiger partial charge in [-0.2, -0.15) is 0 Å². The van der Waals surface area contributed by atoms with Gasteiger partial charge in [-0.3, -0.25) is 4.79 Å². The van der Waals surface area contributed by atoms with Crippen molar-refractivity contribution in [3.8, 4) is 0 Å². The Morgan fingerprint density at radius 3 is 2.53 bits per heavy atom. The average Bonchev–Trinajstić information content (AvgIpc) is 2.11. The molecular weight excluding hydrogens is 190 g/mol. The van der Waals surface area contributed by atoms with Crippen molar-refractivity contribution >= 4 is 5.97 Å². The molecule has 1 aliphatic rings. The Hall–Kier alpha value is -0.570. The Bertz CT molecular complexity index is 250. The first-order valence-corrected chi connectivity index (χ1v) is 5.77. The fourth-order valence-electron chi connectivity index (χ4n) is 3.28. The molecule has 3 nitrogen and oxygen atoms in total. The number of hydrogen-bond donors (Lipinski definition) is 2. The normalized spacial score (nSPS) is 35.1. The fourth-order valence-corrected chi connectivity index (χ4v) is 3.28. The zero-order chi connectivity index (χ0) is 11.7. The molecule has 1 saturated carbocycles. The van der Waals surface area contributed by atoms with Crippen LogP contribution in [0.25, 0.3) is 0 Å². The van der Waals surface area contributed by atoms with E-state index in [1.807, 2.05) is 0 Å². The van der Waals surface area contributed by atoms with Crippen LogP contribution in [0.3, 0.4) is 0 Å². The minimum absolute atomic E-state index is 0.0395. The summed E-state index contributed by atoms with van der Waals surface area (Å²) in [6.07, 6.45) is 3.59. The van der Waals surface area contributed by atoms with Gasteiger partial charge in [-0.05, 0) is 24.3 Å². The largest absolute Gasteiger partial charge is 0.481 e. The zero-order valence-corrected chi connectivity index (χ0v) is 10.0. The Morgan fingerprint density at radius 2 is 2.13 bits per heavy atom. The molecule has 0 bridgehead atoms. The first-order chi connectivity index (χ1) is 6.85. The number of nitrogens with two attached hydrogens (primary N) is 1. The third-order valence-electron chi connectivity index (χ3n) is 4.56. The number of carbonyl (C=O) groups is 1. The van der Waals surface area contributed by atoms with Crippen LogP contribution in [-0.4, -0.2) is 17.6 Å². The van der Waals surface area contributed by atoms with E-state index in [0.29, 0.717) is 12.5 Å². The van der Waals surface area contributed by atoms with Crippen LogP contribution in [0.5, 0.6) is 0 Å². The number of aliphatic carboxylic acids is 1. The number of carboxylic acids is 1. The standard InChI is InChI=1S/C12H23NO2/c1-9-5-4-6-11(2,3)12(9,8-13)7-10(14)15/h9H,4-8,13H2,1-3H3,(H,14,15). The molecule has 3 heteroatoms. The number of carboxylic acid groups (broad SMARTS) is 1. The van der Waals surface area contributed by atoms with Crippen LogP contribution in [0.4, 0.5) is 0 Å². The van der Waals surface area contributed by atoms with Crippen molar-refractivity contribution in [2.75, 3.05) is 6.54 Å².